The van der Waals surface area contributed by atoms with Gasteiger partial charge in [0.05, 0.1) is 11.1 Å². The molecule has 2 aromatic rings. The fraction of sp³-hybridized carbons (Fsp3) is 0.588. The molecule has 132 valence electrons. The molecule has 0 fully saturated rings. The molecule has 0 aliphatic heterocycles. The minimum absolute atomic E-state index is 0.00983. The number of amides is 1. The molecule has 0 atom stereocenters. The fourth-order valence-corrected chi connectivity index (χ4v) is 4.32. The third kappa shape index (κ3) is 4.39. The van der Waals surface area contributed by atoms with Crippen LogP contribution in [0.5, 0.6) is 0 Å². The Hall–Kier alpha value is -1.34. The SMILES string of the molecule is CCCCCCNC(=O)CSc1nc2sc(C)c(C)c2c(=O)n1C. The summed E-state index contributed by atoms with van der Waals surface area (Å²) in [5, 5.41) is 4.22. The van der Waals surface area contributed by atoms with Crippen molar-refractivity contribution in [2.75, 3.05) is 12.3 Å². The number of hydrogen-bond acceptors (Lipinski definition) is 5. The third-order valence-corrected chi connectivity index (χ3v) is 6.19. The summed E-state index contributed by atoms with van der Waals surface area (Å²) in [5.74, 6) is 0.271. The molecule has 0 aromatic carbocycles. The van der Waals surface area contributed by atoms with E-state index in [1.165, 1.54) is 35.9 Å². The van der Waals surface area contributed by atoms with Crippen LogP contribution in [0.4, 0.5) is 0 Å². The molecule has 0 saturated heterocycles. The van der Waals surface area contributed by atoms with Gasteiger partial charge < -0.3 is 5.32 Å². The summed E-state index contributed by atoms with van der Waals surface area (Å²) in [6.07, 6.45) is 4.55. The molecule has 0 bridgehead atoms. The molecular weight excluding hydrogens is 342 g/mol. The van der Waals surface area contributed by atoms with Gasteiger partial charge in [-0.15, -0.1) is 11.3 Å². The first kappa shape index (κ1) is 19.0. The molecule has 0 radical (unpaired) electrons. The van der Waals surface area contributed by atoms with E-state index in [1.807, 2.05) is 13.8 Å². The number of unbranched alkanes of at least 4 members (excludes halogenated alkanes) is 3. The number of nitrogens with zero attached hydrogens (tertiary/aromatic N) is 2. The van der Waals surface area contributed by atoms with E-state index in [1.54, 1.807) is 11.6 Å². The van der Waals surface area contributed by atoms with Crippen molar-refractivity contribution >= 4 is 39.2 Å². The van der Waals surface area contributed by atoms with E-state index in [9.17, 15) is 9.59 Å². The standard InChI is InChI=1S/C17H25N3O2S2/c1-5-6-7-8-9-18-13(21)10-23-17-19-15-14(16(22)20(17)4)11(2)12(3)24-15/h5-10H2,1-4H3,(H,18,21). The van der Waals surface area contributed by atoms with Gasteiger partial charge in [-0.2, -0.15) is 0 Å². The van der Waals surface area contributed by atoms with Gasteiger partial charge in [-0.05, 0) is 25.8 Å². The molecule has 1 amide bonds. The molecule has 2 heterocycles. The van der Waals surface area contributed by atoms with E-state index < -0.39 is 0 Å². The summed E-state index contributed by atoms with van der Waals surface area (Å²) in [4.78, 5) is 30.9. The van der Waals surface area contributed by atoms with Crippen molar-refractivity contribution in [3.05, 3.63) is 20.8 Å². The lowest BCUT2D eigenvalue weighted by Gasteiger charge is -2.08. The van der Waals surface area contributed by atoms with Gasteiger partial charge >= 0.3 is 0 Å². The number of aryl methyl sites for hydroxylation is 2. The molecule has 0 spiro atoms. The molecule has 0 unspecified atom stereocenters. The van der Waals surface area contributed by atoms with Crippen molar-refractivity contribution in [3.63, 3.8) is 0 Å². The van der Waals surface area contributed by atoms with E-state index in [4.69, 9.17) is 0 Å². The van der Waals surface area contributed by atoms with Crippen LogP contribution in [0.1, 0.15) is 43.0 Å². The minimum Gasteiger partial charge on any atom is -0.355 e. The number of carbonyl (C=O) groups excluding carboxylic acids is 1. The molecular formula is C17H25N3O2S2. The summed E-state index contributed by atoms with van der Waals surface area (Å²) < 4.78 is 1.54. The van der Waals surface area contributed by atoms with Gasteiger partial charge in [-0.3, -0.25) is 14.2 Å². The molecule has 2 rings (SSSR count). The van der Waals surface area contributed by atoms with Gasteiger partial charge in [-0.25, -0.2) is 4.98 Å². The van der Waals surface area contributed by atoms with Crippen LogP contribution in [0.25, 0.3) is 10.2 Å². The zero-order valence-electron chi connectivity index (χ0n) is 14.8. The normalized spacial score (nSPS) is 11.2. The maximum Gasteiger partial charge on any atom is 0.262 e. The topological polar surface area (TPSA) is 64.0 Å². The van der Waals surface area contributed by atoms with Crippen molar-refractivity contribution in [1.82, 2.24) is 14.9 Å². The summed E-state index contributed by atoms with van der Waals surface area (Å²) in [6, 6.07) is 0. The predicted molar refractivity (Wildman–Crippen MR) is 102 cm³/mol. The number of fused-ring (bicyclic) bond motifs is 1. The predicted octanol–water partition coefficient (Wildman–Crippen LogP) is 3.40. The second kappa shape index (κ2) is 8.67. The minimum atomic E-state index is -0.0377. The Bertz CT molecular complexity index is 780. The van der Waals surface area contributed by atoms with Gasteiger partial charge in [0, 0.05) is 18.5 Å². The Morgan fingerprint density at radius 1 is 1.29 bits per heavy atom. The lowest BCUT2D eigenvalue weighted by atomic mass is 10.2. The van der Waals surface area contributed by atoms with E-state index in [-0.39, 0.29) is 17.2 Å². The second-order valence-corrected chi connectivity index (χ2v) is 8.07. The third-order valence-electron chi connectivity index (χ3n) is 4.05. The first-order valence-electron chi connectivity index (χ1n) is 8.32. The molecule has 0 aliphatic carbocycles. The quantitative estimate of drug-likeness (QED) is 0.441. The second-order valence-electron chi connectivity index (χ2n) is 5.92. The van der Waals surface area contributed by atoms with Crippen molar-refractivity contribution < 1.29 is 4.79 Å². The van der Waals surface area contributed by atoms with Crippen LogP contribution in [0.15, 0.2) is 9.95 Å². The van der Waals surface area contributed by atoms with Crippen LogP contribution in [0.2, 0.25) is 0 Å². The Morgan fingerprint density at radius 3 is 2.75 bits per heavy atom. The highest BCUT2D eigenvalue weighted by Gasteiger charge is 2.15. The summed E-state index contributed by atoms with van der Waals surface area (Å²) >= 11 is 2.85. The largest absolute Gasteiger partial charge is 0.355 e. The molecule has 7 heteroatoms. The van der Waals surface area contributed by atoms with E-state index in [0.29, 0.717) is 17.1 Å². The number of aromatic nitrogens is 2. The Labute approximate surface area is 150 Å². The Kier molecular flexibility index (Phi) is 6.86. The first-order chi connectivity index (χ1) is 11.5. The van der Waals surface area contributed by atoms with Gasteiger partial charge in [0.1, 0.15) is 4.83 Å². The average molecular weight is 368 g/mol. The van der Waals surface area contributed by atoms with Crippen LogP contribution in [0, 0.1) is 13.8 Å². The molecule has 0 saturated carbocycles. The van der Waals surface area contributed by atoms with E-state index >= 15 is 0 Å². The zero-order valence-corrected chi connectivity index (χ0v) is 16.4. The van der Waals surface area contributed by atoms with Crippen LogP contribution in [-0.2, 0) is 11.8 Å². The molecule has 24 heavy (non-hydrogen) atoms. The van der Waals surface area contributed by atoms with Crippen LogP contribution in [0.3, 0.4) is 0 Å². The Balaban J connectivity index is 1.99. The lowest BCUT2D eigenvalue weighted by Crippen LogP contribution is -2.27. The van der Waals surface area contributed by atoms with Crippen LogP contribution >= 0.6 is 23.1 Å². The highest BCUT2D eigenvalue weighted by Crippen LogP contribution is 2.27. The van der Waals surface area contributed by atoms with Crippen molar-refractivity contribution in [2.24, 2.45) is 7.05 Å². The van der Waals surface area contributed by atoms with Gasteiger partial charge in [0.2, 0.25) is 5.91 Å². The summed E-state index contributed by atoms with van der Waals surface area (Å²) in [7, 11) is 1.71. The number of nitrogens with one attached hydrogen (secondary N) is 1. The number of thioether (sulfide) groups is 1. The maximum atomic E-state index is 12.5. The summed E-state index contributed by atoms with van der Waals surface area (Å²) in [5.41, 5.74) is 0.966. The number of hydrogen-bond donors (Lipinski definition) is 1. The molecule has 2 aromatic heterocycles. The number of rotatable bonds is 8. The summed E-state index contributed by atoms with van der Waals surface area (Å²) in [6.45, 7) is 6.84. The van der Waals surface area contributed by atoms with Gasteiger partial charge in [-0.1, -0.05) is 37.9 Å². The van der Waals surface area contributed by atoms with Crippen molar-refractivity contribution in [2.45, 2.75) is 51.6 Å². The maximum absolute atomic E-state index is 12.5. The average Bonchev–Trinajstić information content (AvgIpc) is 2.84. The van der Waals surface area contributed by atoms with Gasteiger partial charge in [0.15, 0.2) is 5.16 Å². The van der Waals surface area contributed by atoms with E-state index in [0.717, 1.165) is 28.1 Å². The van der Waals surface area contributed by atoms with Crippen molar-refractivity contribution in [1.29, 1.82) is 0 Å². The van der Waals surface area contributed by atoms with Crippen LogP contribution < -0.4 is 10.9 Å². The number of carbonyl (C=O) groups is 1. The smallest absolute Gasteiger partial charge is 0.262 e. The van der Waals surface area contributed by atoms with E-state index in [2.05, 4.69) is 17.2 Å². The highest BCUT2D eigenvalue weighted by atomic mass is 32.2. The van der Waals surface area contributed by atoms with Crippen molar-refractivity contribution in [3.8, 4) is 0 Å². The molecule has 5 nitrogen and oxygen atoms in total. The van der Waals surface area contributed by atoms with Crippen LogP contribution in [-0.4, -0.2) is 27.8 Å². The Morgan fingerprint density at radius 2 is 2.04 bits per heavy atom. The number of thiophene rings is 1. The first-order valence-corrected chi connectivity index (χ1v) is 10.1. The lowest BCUT2D eigenvalue weighted by molar-refractivity contribution is -0.118. The zero-order chi connectivity index (χ0) is 17.7. The fourth-order valence-electron chi connectivity index (χ4n) is 2.45. The van der Waals surface area contributed by atoms with Gasteiger partial charge in [0.25, 0.3) is 5.56 Å². The molecule has 0 aliphatic rings. The monoisotopic (exact) mass is 367 g/mol. The highest BCUT2D eigenvalue weighted by molar-refractivity contribution is 7.99. The molecule has 1 N–H and O–H groups in total.